The van der Waals surface area contributed by atoms with Crippen LogP contribution in [-0.4, -0.2) is 11.1 Å². The predicted molar refractivity (Wildman–Crippen MR) is 78.7 cm³/mol. The molecule has 2 aromatic carbocycles. The van der Waals surface area contributed by atoms with Gasteiger partial charge in [0, 0.05) is 36.3 Å². The van der Waals surface area contributed by atoms with Gasteiger partial charge in [-0.1, -0.05) is 36.4 Å². The highest BCUT2D eigenvalue weighted by Crippen LogP contribution is 2.31. The lowest BCUT2D eigenvalue weighted by Crippen LogP contribution is -2.24. The first-order valence-electron chi connectivity index (χ1n) is 6.82. The van der Waals surface area contributed by atoms with E-state index in [-0.39, 0.29) is 0 Å². The average molecular weight is 248 g/mol. The van der Waals surface area contributed by atoms with Crippen LogP contribution >= 0.6 is 0 Å². The molecule has 0 bridgehead atoms. The van der Waals surface area contributed by atoms with Crippen LogP contribution in [0.4, 0.5) is 0 Å². The maximum absolute atomic E-state index is 3.48. The summed E-state index contributed by atoms with van der Waals surface area (Å²) in [7, 11) is 0. The van der Waals surface area contributed by atoms with Crippen LogP contribution in [0.2, 0.25) is 0 Å². The summed E-state index contributed by atoms with van der Waals surface area (Å²) >= 11 is 0. The van der Waals surface area contributed by atoms with Gasteiger partial charge in [0.25, 0.3) is 0 Å². The molecule has 0 atom stereocenters. The molecule has 0 amide bonds. The molecule has 2 nitrogen and oxygen atoms in total. The predicted octanol–water partition coefficient (Wildman–Crippen LogP) is 3.28. The maximum Gasteiger partial charge on any atom is 0.0534 e. The van der Waals surface area contributed by atoms with Crippen molar-refractivity contribution in [1.29, 1.82) is 0 Å². The van der Waals surface area contributed by atoms with Crippen LogP contribution in [0.3, 0.4) is 0 Å². The van der Waals surface area contributed by atoms with Gasteiger partial charge in [0.15, 0.2) is 0 Å². The molecule has 4 rings (SSSR count). The van der Waals surface area contributed by atoms with Gasteiger partial charge in [0.1, 0.15) is 0 Å². The van der Waals surface area contributed by atoms with Gasteiger partial charge in [-0.15, -0.1) is 0 Å². The smallest absolute Gasteiger partial charge is 0.0534 e. The summed E-state index contributed by atoms with van der Waals surface area (Å²) in [5.74, 6) is 0. The number of para-hydroxylation sites is 2. The number of aromatic nitrogens is 1. The molecule has 0 unspecified atom stereocenters. The molecule has 19 heavy (non-hydrogen) atoms. The van der Waals surface area contributed by atoms with Crippen LogP contribution in [0.15, 0.2) is 54.6 Å². The van der Waals surface area contributed by atoms with E-state index in [1.807, 2.05) is 0 Å². The molecule has 1 aliphatic rings. The Morgan fingerprint density at radius 3 is 2.58 bits per heavy atom. The van der Waals surface area contributed by atoms with Gasteiger partial charge in [0.2, 0.25) is 0 Å². The zero-order valence-corrected chi connectivity index (χ0v) is 10.8. The van der Waals surface area contributed by atoms with Gasteiger partial charge in [-0.2, -0.15) is 0 Å². The first-order valence-corrected chi connectivity index (χ1v) is 6.82. The Bertz CT molecular complexity index is 726. The SMILES string of the molecule is c1ccc(-n2c3c(c4ccccc42)CNCC3)cc1. The molecule has 0 saturated carbocycles. The van der Waals surface area contributed by atoms with E-state index in [1.54, 1.807) is 0 Å². The van der Waals surface area contributed by atoms with E-state index < -0.39 is 0 Å². The first-order chi connectivity index (χ1) is 9.45. The number of fused-ring (bicyclic) bond motifs is 3. The third-order valence-electron chi connectivity index (χ3n) is 3.94. The molecule has 1 aromatic heterocycles. The molecule has 0 aliphatic carbocycles. The number of rotatable bonds is 1. The Labute approximate surface area is 112 Å². The highest BCUT2D eigenvalue weighted by atomic mass is 15.0. The van der Waals surface area contributed by atoms with Crippen LogP contribution in [0.5, 0.6) is 0 Å². The van der Waals surface area contributed by atoms with Crippen molar-refractivity contribution in [2.24, 2.45) is 0 Å². The first kappa shape index (κ1) is 10.8. The Balaban J connectivity index is 2.09. The molecule has 0 saturated heterocycles. The lowest BCUT2D eigenvalue weighted by atomic mass is 10.1. The van der Waals surface area contributed by atoms with Gasteiger partial charge in [0.05, 0.1) is 5.52 Å². The number of hydrogen-bond acceptors (Lipinski definition) is 1. The Morgan fingerprint density at radius 1 is 0.895 bits per heavy atom. The molecular weight excluding hydrogens is 232 g/mol. The van der Waals surface area contributed by atoms with Crippen molar-refractivity contribution in [2.75, 3.05) is 6.54 Å². The fourth-order valence-electron chi connectivity index (χ4n) is 3.11. The molecule has 1 aliphatic heterocycles. The number of nitrogens with one attached hydrogen (secondary N) is 1. The summed E-state index contributed by atoms with van der Waals surface area (Å²) in [6.45, 7) is 2.05. The standard InChI is InChI=1S/C17H16N2/c1-2-6-13(7-3-1)19-16-9-5-4-8-14(16)15-12-18-11-10-17(15)19/h1-9,18H,10-12H2. The van der Waals surface area contributed by atoms with Crippen LogP contribution < -0.4 is 5.32 Å². The van der Waals surface area contributed by atoms with Gasteiger partial charge < -0.3 is 9.88 Å². The van der Waals surface area contributed by atoms with Crippen LogP contribution in [0.1, 0.15) is 11.3 Å². The number of hydrogen-bond donors (Lipinski definition) is 1. The topological polar surface area (TPSA) is 17.0 Å². The van der Waals surface area contributed by atoms with Crippen LogP contribution in [-0.2, 0) is 13.0 Å². The molecule has 2 heterocycles. The molecule has 3 aromatic rings. The fourth-order valence-corrected chi connectivity index (χ4v) is 3.11. The Morgan fingerprint density at radius 2 is 1.68 bits per heavy atom. The van der Waals surface area contributed by atoms with E-state index in [0.717, 1.165) is 19.5 Å². The minimum atomic E-state index is 0.982. The van der Waals surface area contributed by atoms with E-state index in [9.17, 15) is 0 Å². The second-order valence-electron chi connectivity index (χ2n) is 5.04. The van der Waals surface area contributed by atoms with Gasteiger partial charge in [-0.3, -0.25) is 0 Å². The monoisotopic (exact) mass is 248 g/mol. The van der Waals surface area contributed by atoms with E-state index in [2.05, 4.69) is 64.5 Å². The Kier molecular flexibility index (Phi) is 2.42. The van der Waals surface area contributed by atoms with Gasteiger partial charge in [-0.25, -0.2) is 0 Å². The second-order valence-corrected chi connectivity index (χ2v) is 5.04. The Hall–Kier alpha value is -2.06. The lowest BCUT2D eigenvalue weighted by Gasteiger charge is -2.17. The molecular formula is C17H16N2. The average Bonchev–Trinajstić information content (AvgIpc) is 2.83. The highest BCUT2D eigenvalue weighted by molar-refractivity contribution is 5.87. The zero-order chi connectivity index (χ0) is 12.7. The van der Waals surface area contributed by atoms with Crippen LogP contribution in [0, 0.1) is 0 Å². The van der Waals surface area contributed by atoms with E-state index in [0.29, 0.717) is 0 Å². The van der Waals surface area contributed by atoms with E-state index in [1.165, 1.54) is 27.8 Å². The van der Waals surface area contributed by atoms with Crippen molar-refractivity contribution in [2.45, 2.75) is 13.0 Å². The summed E-state index contributed by atoms with van der Waals surface area (Å²) in [5.41, 5.74) is 5.51. The second kappa shape index (κ2) is 4.25. The number of benzene rings is 2. The molecule has 0 spiro atoms. The minimum absolute atomic E-state index is 0.982. The third kappa shape index (κ3) is 1.60. The maximum atomic E-state index is 3.48. The summed E-state index contributed by atoms with van der Waals surface area (Å²) in [6.07, 6.45) is 1.10. The zero-order valence-electron chi connectivity index (χ0n) is 10.8. The summed E-state index contributed by atoms with van der Waals surface area (Å²) in [4.78, 5) is 0. The quantitative estimate of drug-likeness (QED) is 0.699. The largest absolute Gasteiger partial charge is 0.313 e. The van der Waals surface area contributed by atoms with Crippen molar-refractivity contribution in [3.05, 3.63) is 65.9 Å². The highest BCUT2D eigenvalue weighted by Gasteiger charge is 2.19. The molecule has 0 radical (unpaired) electrons. The van der Waals surface area contributed by atoms with Crippen molar-refractivity contribution in [3.8, 4) is 5.69 Å². The molecule has 1 N–H and O–H groups in total. The van der Waals surface area contributed by atoms with Crippen molar-refractivity contribution in [3.63, 3.8) is 0 Å². The fraction of sp³-hybridized carbons (Fsp3) is 0.176. The summed E-state index contributed by atoms with van der Waals surface area (Å²) in [6, 6.07) is 19.4. The van der Waals surface area contributed by atoms with Gasteiger partial charge in [-0.05, 0) is 23.8 Å². The minimum Gasteiger partial charge on any atom is -0.313 e. The molecule has 2 heteroatoms. The van der Waals surface area contributed by atoms with Crippen LogP contribution in [0.25, 0.3) is 16.6 Å². The normalized spacial score (nSPS) is 14.5. The third-order valence-corrected chi connectivity index (χ3v) is 3.94. The van der Waals surface area contributed by atoms with E-state index >= 15 is 0 Å². The summed E-state index contributed by atoms with van der Waals surface area (Å²) < 4.78 is 2.42. The van der Waals surface area contributed by atoms with Crippen molar-refractivity contribution in [1.82, 2.24) is 9.88 Å². The van der Waals surface area contributed by atoms with Crippen molar-refractivity contribution < 1.29 is 0 Å². The lowest BCUT2D eigenvalue weighted by molar-refractivity contribution is 0.631. The van der Waals surface area contributed by atoms with Gasteiger partial charge >= 0.3 is 0 Å². The van der Waals surface area contributed by atoms with Crippen molar-refractivity contribution >= 4 is 10.9 Å². The van der Waals surface area contributed by atoms with E-state index in [4.69, 9.17) is 0 Å². The molecule has 94 valence electrons. The summed E-state index contributed by atoms with van der Waals surface area (Å²) in [5, 5.41) is 4.87. The number of nitrogens with zero attached hydrogens (tertiary/aromatic N) is 1. The molecule has 0 fully saturated rings.